The van der Waals surface area contributed by atoms with E-state index in [-0.39, 0.29) is 0 Å². The molecule has 0 aromatic heterocycles. The van der Waals surface area contributed by atoms with Gasteiger partial charge < -0.3 is 5.11 Å². The van der Waals surface area contributed by atoms with Gasteiger partial charge in [0.15, 0.2) is 4.71 Å². The highest BCUT2D eigenvalue weighted by molar-refractivity contribution is 7.87. The molecule has 0 heterocycles. The fourth-order valence-electron chi connectivity index (χ4n) is 0.0942. The topological polar surface area (TPSA) is 74.6 Å². The van der Waals surface area contributed by atoms with Crippen molar-refractivity contribution in [2.24, 2.45) is 0 Å². The van der Waals surface area contributed by atoms with Crippen LogP contribution in [0.5, 0.6) is 0 Å². The van der Waals surface area contributed by atoms with E-state index in [0.29, 0.717) is 0 Å². The number of rotatable bonds is 2. The third-order valence-electron chi connectivity index (χ3n) is 0.467. The summed E-state index contributed by atoms with van der Waals surface area (Å²) in [6.07, 6.45) is 0. The SMILES string of the molecule is O=S(=O)(O)C(Cl)CO. The van der Waals surface area contributed by atoms with Gasteiger partial charge >= 0.3 is 0 Å². The van der Waals surface area contributed by atoms with Crippen molar-refractivity contribution < 1.29 is 18.1 Å². The Labute approximate surface area is 51.8 Å². The summed E-state index contributed by atoms with van der Waals surface area (Å²) >= 11 is 4.85. The summed E-state index contributed by atoms with van der Waals surface area (Å²) in [5, 5.41) is 8.00. The molecule has 0 fully saturated rings. The van der Waals surface area contributed by atoms with E-state index in [9.17, 15) is 8.42 Å². The van der Waals surface area contributed by atoms with Gasteiger partial charge in [0, 0.05) is 0 Å². The van der Waals surface area contributed by atoms with Crippen LogP contribution in [0.4, 0.5) is 0 Å². The van der Waals surface area contributed by atoms with E-state index >= 15 is 0 Å². The number of halogens is 1. The lowest BCUT2D eigenvalue weighted by atomic mass is 10.9. The van der Waals surface area contributed by atoms with Crippen molar-refractivity contribution in [3.63, 3.8) is 0 Å². The molecule has 1 unspecified atom stereocenters. The van der Waals surface area contributed by atoms with Crippen molar-refractivity contribution in [2.45, 2.75) is 4.71 Å². The highest BCUT2D eigenvalue weighted by atomic mass is 35.5. The van der Waals surface area contributed by atoms with E-state index in [0.717, 1.165) is 0 Å². The second-order valence-corrected chi connectivity index (χ2v) is 3.49. The molecular formula is C2H5ClO4S. The highest BCUT2D eigenvalue weighted by Crippen LogP contribution is 2.00. The van der Waals surface area contributed by atoms with Crippen molar-refractivity contribution in [3.05, 3.63) is 0 Å². The molecule has 0 bridgehead atoms. The maximum atomic E-state index is 9.83. The van der Waals surface area contributed by atoms with Crippen LogP contribution in [0.2, 0.25) is 0 Å². The Morgan fingerprint density at radius 1 is 1.62 bits per heavy atom. The van der Waals surface area contributed by atoms with Crippen LogP contribution >= 0.6 is 11.6 Å². The van der Waals surface area contributed by atoms with Crippen LogP contribution in [0.25, 0.3) is 0 Å². The van der Waals surface area contributed by atoms with Gasteiger partial charge in [-0.05, 0) is 0 Å². The second kappa shape index (κ2) is 2.63. The van der Waals surface area contributed by atoms with Crippen LogP contribution in [0.3, 0.4) is 0 Å². The summed E-state index contributed by atoms with van der Waals surface area (Å²) in [7, 11) is -4.24. The van der Waals surface area contributed by atoms with Crippen molar-refractivity contribution in [2.75, 3.05) is 6.61 Å². The van der Waals surface area contributed by atoms with Gasteiger partial charge in [-0.25, -0.2) is 0 Å². The first-order valence-electron chi connectivity index (χ1n) is 1.69. The number of aliphatic hydroxyl groups excluding tert-OH is 1. The standard InChI is InChI=1S/C2H5ClO4S/c3-2(1-4)8(5,6)7/h2,4H,1H2,(H,5,6,7). The normalized spacial score (nSPS) is 15.9. The van der Waals surface area contributed by atoms with Crippen LogP contribution in [0, 0.1) is 0 Å². The Morgan fingerprint density at radius 2 is 2.00 bits per heavy atom. The van der Waals surface area contributed by atoms with Crippen LogP contribution in [0.1, 0.15) is 0 Å². The van der Waals surface area contributed by atoms with E-state index in [1.165, 1.54) is 0 Å². The molecule has 0 rings (SSSR count). The van der Waals surface area contributed by atoms with Crippen LogP contribution in [0.15, 0.2) is 0 Å². The number of alkyl halides is 1. The minimum absolute atomic E-state index is 0.777. The van der Waals surface area contributed by atoms with E-state index in [1.807, 2.05) is 0 Å². The summed E-state index contributed by atoms with van der Waals surface area (Å²) in [5.41, 5.74) is 0. The summed E-state index contributed by atoms with van der Waals surface area (Å²) in [4.78, 5) is 0. The molecule has 0 saturated carbocycles. The fraction of sp³-hybridized carbons (Fsp3) is 1.00. The smallest absolute Gasteiger partial charge is 0.284 e. The molecular weight excluding hydrogens is 156 g/mol. The number of aliphatic hydroxyl groups is 1. The summed E-state index contributed by atoms with van der Waals surface area (Å²) < 4.78 is 26.0. The highest BCUT2D eigenvalue weighted by Gasteiger charge is 2.17. The monoisotopic (exact) mass is 160 g/mol. The number of hydrogen-bond acceptors (Lipinski definition) is 3. The first kappa shape index (κ1) is 8.16. The molecule has 0 radical (unpaired) electrons. The average Bonchev–Trinajstić information content (AvgIpc) is 1.62. The van der Waals surface area contributed by atoms with Gasteiger partial charge in [0.05, 0.1) is 6.61 Å². The molecule has 6 heteroatoms. The van der Waals surface area contributed by atoms with Crippen molar-refractivity contribution in [3.8, 4) is 0 Å². The van der Waals surface area contributed by atoms with Crippen LogP contribution in [-0.2, 0) is 10.1 Å². The molecule has 2 N–H and O–H groups in total. The molecule has 0 amide bonds. The van der Waals surface area contributed by atoms with Crippen LogP contribution < -0.4 is 0 Å². The maximum absolute atomic E-state index is 9.83. The molecule has 0 aliphatic carbocycles. The molecule has 4 nitrogen and oxygen atoms in total. The minimum atomic E-state index is -4.24. The predicted molar refractivity (Wildman–Crippen MR) is 28.3 cm³/mol. The van der Waals surface area contributed by atoms with E-state index in [2.05, 4.69) is 0 Å². The van der Waals surface area contributed by atoms with Gasteiger partial charge in [-0.1, -0.05) is 0 Å². The average molecular weight is 161 g/mol. The first-order chi connectivity index (χ1) is 3.48. The zero-order chi connectivity index (χ0) is 6.78. The van der Waals surface area contributed by atoms with Gasteiger partial charge in [-0.2, -0.15) is 8.42 Å². The first-order valence-corrected chi connectivity index (χ1v) is 3.63. The lowest BCUT2D eigenvalue weighted by Crippen LogP contribution is -2.17. The molecule has 50 valence electrons. The fourth-order valence-corrected chi connectivity index (χ4v) is 0.283. The van der Waals surface area contributed by atoms with Gasteiger partial charge in [-0.3, -0.25) is 4.55 Å². The van der Waals surface area contributed by atoms with E-state index in [1.54, 1.807) is 0 Å². The third-order valence-corrected chi connectivity index (χ3v) is 2.08. The Kier molecular flexibility index (Phi) is 2.68. The molecule has 0 aromatic rings. The molecule has 0 aliphatic rings. The maximum Gasteiger partial charge on any atom is 0.284 e. The Hall–Kier alpha value is 0.160. The molecule has 0 aliphatic heterocycles. The predicted octanol–water partition coefficient (Wildman–Crippen LogP) is -0.569. The lowest BCUT2D eigenvalue weighted by molar-refractivity contribution is 0.305. The zero-order valence-electron chi connectivity index (χ0n) is 3.78. The summed E-state index contributed by atoms with van der Waals surface area (Å²) in [6, 6.07) is 0. The largest absolute Gasteiger partial charge is 0.394 e. The lowest BCUT2D eigenvalue weighted by Gasteiger charge is -1.97. The van der Waals surface area contributed by atoms with E-state index in [4.69, 9.17) is 21.3 Å². The van der Waals surface area contributed by atoms with E-state index < -0.39 is 21.4 Å². The Morgan fingerprint density at radius 3 is 2.00 bits per heavy atom. The van der Waals surface area contributed by atoms with Gasteiger partial charge in [0.1, 0.15) is 0 Å². The quantitative estimate of drug-likeness (QED) is 0.419. The molecule has 0 saturated heterocycles. The molecule has 0 spiro atoms. The minimum Gasteiger partial charge on any atom is -0.394 e. The number of hydrogen-bond donors (Lipinski definition) is 2. The van der Waals surface area contributed by atoms with Crippen molar-refractivity contribution in [1.82, 2.24) is 0 Å². The van der Waals surface area contributed by atoms with Crippen LogP contribution in [-0.4, -0.2) is 29.4 Å². The molecule has 8 heavy (non-hydrogen) atoms. The van der Waals surface area contributed by atoms with Gasteiger partial charge in [0.2, 0.25) is 0 Å². The zero-order valence-corrected chi connectivity index (χ0v) is 5.35. The summed E-state index contributed by atoms with van der Waals surface area (Å²) in [6.45, 7) is -0.777. The third kappa shape index (κ3) is 2.46. The Bertz CT molecular complexity index is 149. The summed E-state index contributed by atoms with van der Waals surface area (Å²) in [5.74, 6) is 0. The molecule has 0 aromatic carbocycles. The second-order valence-electron chi connectivity index (χ2n) is 1.11. The van der Waals surface area contributed by atoms with Gasteiger partial charge in [-0.15, -0.1) is 11.6 Å². The molecule has 1 atom stereocenters. The van der Waals surface area contributed by atoms with Gasteiger partial charge in [0.25, 0.3) is 10.1 Å². The van der Waals surface area contributed by atoms with Crippen molar-refractivity contribution >= 4 is 21.7 Å². The van der Waals surface area contributed by atoms with Crippen molar-refractivity contribution in [1.29, 1.82) is 0 Å². The Balaban J connectivity index is 4.04.